The maximum atomic E-state index is 12.4. The fourth-order valence-electron chi connectivity index (χ4n) is 2.83. The summed E-state index contributed by atoms with van der Waals surface area (Å²) in [5.41, 5.74) is 0.0841. The van der Waals surface area contributed by atoms with Gasteiger partial charge in [-0.25, -0.2) is 9.36 Å². The van der Waals surface area contributed by atoms with Gasteiger partial charge >= 0.3 is 5.69 Å². The predicted molar refractivity (Wildman–Crippen MR) is 85.1 cm³/mol. The fourth-order valence-corrected chi connectivity index (χ4v) is 2.83. The Morgan fingerprint density at radius 2 is 2.13 bits per heavy atom. The highest BCUT2D eigenvalue weighted by Gasteiger charge is 2.24. The van der Waals surface area contributed by atoms with Crippen molar-refractivity contribution in [2.75, 3.05) is 13.1 Å². The minimum absolute atomic E-state index is 0.0298. The molecule has 0 aromatic carbocycles. The molecule has 23 heavy (non-hydrogen) atoms. The van der Waals surface area contributed by atoms with Crippen molar-refractivity contribution in [1.82, 2.24) is 14.0 Å². The Balaban J connectivity index is 2.44. The van der Waals surface area contributed by atoms with E-state index in [-0.39, 0.29) is 18.0 Å². The highest BCUT2D eigenvalue weighted by atomic mass is 16.2. The smallest absolute Gasteiger partial charge is 0.331 e. The van der Waals surface area contributed by atoms with Crippen LogP contribution in [0.15, 0.2) is 21.7 Å². The molecule has 0 unspecified atom stereocenters. The summed E-state index contributed by atoms with van der Waals surface area (Å²) in [7, 11) is 0. The molecule has 0 saturated carbocycles. The third-order valence-electron chi connectivity index (χ3n) is 3.93. The molecule has 1 aliphatic heterocycles. The number of amides is 1. The van der Waals surface area contributed by atoms with E-state index in [1.807, 2.05) is 13.0 Å². The Morgan fingerprint density at radius 3 is 2.70 bits per heavy atom. The predicted octanol–water partition coefficient (Wildman–Crippen LogP) is 0.252. The van der Waals surface area contributed by atoms with Crippen molar-refractivity contribution >= 4 is 5.91 Å². The van der Waals surface area contributed by atoms with Crippen molar-refractivity contribution in [3.8, 4) is 6.07 Å². The van der Waals surface area contributed by atoms with Gasteiger partial charge in [0.1, 0.15) is 18.2 Å². The summed E-state index contributed by atoms with van der Waals surface area (Å²) in [5.74, 6) is -0.336. The Morgan fingerprint density at radius 1 is 1.43 bits per heavy atom. The maximum absolute atomic E-state index is 12.4. The second-order valence-corrected chi connectivity index (χ2v) is 5.73. The van der Waals surface area contributed by atoms with Gasteiger partial charge in [-0.2, -0.15) is 5.26 Å². The summed E-state index contributed by atoms with van der Waals surface area (Å²) in [5, 5.41) is 9.22. The quantitative estimate of drug-likeness (QED) is 0.729. The number of carbonyl (C=O) groups is 1. The van der Waals surface area contributed by atoms with Crippen molar-refractivity contribution in [2.45, 2.75) is 39.8 Å². The largest absolute Gasteiger partial charge is 0.337 e. The lowest BCUT2D eigenvalue weighted by atomic mass is 10.2. The van der Waals surface area contributed by atoms with Gasteiger partial charge in [-0.15, -0.1) is 0 Å². The van der Waals surface area contributed by atoms with E-state index in [4.69, 9.17) is 0 Å². The molecule has 2 heterocycles. The van der Waals surface area contributed by atoms with Gasteiger partial charge in [0, 0.05) is 25.3 Å². The molecule has 1 aliphatic rings. The van der Waals surface area contributed by atoms with Crippen LogP contribution in [0.2, 0.25) is 0 Å². The van der Waals surface area contributed by atoms with Crippen molar-refractivity contribution < 1.29 is 4.79 Å². The van der Waals surface area contributed by atoms with E-state index in [9.17, 15) is 19.6 Å². The highest BCUT2D eigenvalue weighted by Crippen LogP contribution is 2.13. The molecular formula is C16H20N4O3. The molecule has 0 radical (unpaired) electrons. The van der Waals surface area contributed by atoms with Crippen LogP contribution >= 0.6 is 0 Å². The normalized spacial score (nSPS) is 12.6. The zero-order chi connectivity index (χ0) is 17.1. The van der Waals surface area contributed by atoms with Crippen LogP contribution in [0.25, 0.3) is 0 Å². The van der Waals surface area contributed by atoms with Gasteiger partial charge < -0.3 is 4.90 Å². The third kappa shape index (κ3) is 3.11. The van der Waals surface area contributed by atoms with Crippen LogP contribution in [0.3, 0.4) is 0 Å². The van der Waals surface area contributed by atoms with E-state index in [2.05, 4.69) is 6.58 Å². The van der Waals surface area contributed by atoms with Crippen LogP contribution in [0, 0.1) is 11.3 Å². The van der Waals surface area contributed by atoms with Crippen LogP contribution in [0.5, 0.6) is 0 Å². The number of nitrogens with zero attached hydrogens (tertiary/aromatic N) is 4. The van der Waals surface area contributed by atoms with Gasteiger partial charge in [0.05, 0.1) is 0 Å². The van der Waals surface area contributed by atoms with Gasteiger partial charge in [-0.3, -0.25) is 14.2 Å². The molecule has 1 amide bonds. The van der Waals surface area contributed by atoms with Gasteiger partial charge in [-0.1, -0.05) is 12.2 Å². The molecule has 0 atom stereocenters. The zero-order valence-electron chi connectivity index (χ0n) is 13.5. The van der Waals surface area contributed by atoms with Crippen molar-refractivity contribution in [3.05, 3.63) is 44.2 Å². The molecule has 7 nitrogen and oxygen atoms in total. The molecule has 0 spiro atoms. The molecule has 0 fully saturated rings. The monoisotopic (exact) mass is 316 g/mol. The van der Waals surface area contributed by atoms with Crippen molar-refractivity contribution in [2.24, 2.45) is 0 Å². The lowest BCUT2D eigenvalue weighted by molar-refractivity contribution is -0.131. The number of hydrogen-bond acceptors (Lipinski definition) is 4. The Kier molecular flexibility index (Phi) is 4.84. The molecule has 0 N–H and O–H groups in total. The first-order valence-corrected chi connectivity index (χ1v) is 7.59. The molecule has 1 aromatic rings. The first kappa shape index (κ1) is 16.7. The number of rotatable bonds is 5. The number of carbonyl (C=O) groups excluding carboxylic acids is 1. The molecular weight excluding hydrogens is 296 g/mol. The third-order valence-corrected chi connectivity index (χ3v) is 3.93. The van der Waals surface area contributed by atoms with Crippen molar-refractivity contribution in [3.63, 3.8) is 0 Å². The summed E-state index contributed by atoms with van der Waals surface area (Å²) in [6.07, 6.45) is 1.26. The van der Waals surface area contributed by atoms with Gasteiger partial charge in [-0.05, 0) is 26.7 Å². The first-order valence-electron chi connectivity index (χ1n) is 7.59. The van der Waals surface area contributed by atoms with E-state index in [1.165, 1.54) is 9.47 Å². The van der Waals surface area contributed by atoms with Crippen molar-refractivity contribution in [1.29, 1.82) is 5.26 Å². The Hall–Kier alpha value is -2.62. The van der Waals surface area contributed by atoms with E-state index in [0.717, 1.165) is 16.6 Å². The average molecular weight is 316 g/mol. The van der Waals surface area contributed by atoms with E-state index in [0.29, 0.717) is 31.7 Å². The van der Waals surface area contributed by atoms with Crippen LogP contribution in [0.4, 0.5) is 0 Å². The summed E-state index contributed by atoms with van der Waals surface area (Å²) < 4.78 is 2.30. The minimum atomic E-state index is -0.676. The number of hydrogen-bond donors (Lipinski definition) is 0. The van der Waals surface area contributed by atoms with Crippen LogP contribution < -0.4 is 11.2 Å². The number of aromatic nitrogens is 2. The topological polar surface area (TPSA) is 88.1 Å². The Bertz CT molecular complexity index is 810. The average Bonchev–Trinajstić information content (AvgIpc) is 2.98. The van der Waals surface area contributed by atoms with Crippen LogP contribution in [-0.2, 0) is 24.3 Å². The fraction of sp³-hybridized carbons (Fsp3) is 0.500. The van der Waals surface area contributed by atoms with Gasteiger partial charge in [0.15, 0.2) is 0 Å². The summed E-state index contributed by atoms with van der Waals surface area (Å²) in [6, 6.07) is 1.88. The van der Waals surface area contributed by atoms with Crippen LogP contribution in [-0.4, -0.2) is 33.0 Å². The lowest BCUT2D eigenvalue weighted by Crippen LogP contribution is -2.46. The molecule has 1 aromatic heterocycles. The van der Waals surface area contributed by atoms with E-state index >= 15 is 0 Å². The molecule has 122 valence electrons. The van der Waals surface area contributed by atoms with Gasteiger partial charge in [0.2, 0.25) is 5.91 Å². The second-order valence-electron chi connectivity index (χ2n) is 5.73. The summed E-state index contributed by atoms with van der Waals surface area (Å²) in [6.45, 7) is 8.35. The molecule has 2 rings (SSSR count). The molecule has 0 saturated heterocycles. The molecule has 7 heteroatoms. The molecule has 0 bridgehead atoms. The number of nitriles is 1. The summed E-state index contributed by atoms with van der Waals surface area (Å²) >= 11 is 0. The second kappa shape index (κ2) is 6.65. The van der Waals surface area contributed by atoms with Gasteiger partial charge in [0.25, 0.3) is 5.56 Å². The van der Waals surface area contributed by atoms with E-state index < -0.39 is 11.2 Å². The van der Waals surface area contributed by atoms with E-state index in [1.54, 1.807) is 6.92 Å². The standard InChI is InChI=1S/C16H20N4O3/c1-4-18(9-11(2)3)14(21)10-20-15(22)12(8-17)13-6-5-7-19(13)16(20)23/h2,4-7,9-10H2,1,3H3. The number of likely N-dealkylation sites (N-methyl/N-ethyl adjacent to an activating group) is 1. The summed E-state index contributed by atoms with van der Waals surface area (Å²) in [4.78, 5) is 38.7. The molecule has 0 aliphatic carbocycles. The number of fused-ring (bicyclic) bond motifs is 1. The minimum Gasteiger partial charge on any atom is -0.337 e. The van der Waals surface area contributed by atoms with Crippen LogP contribution in [0.1, 0.15) is 31.5 Å². The first-order chi connectivity index (χ1) is 10.9. The maximum Gasteiger partial charge on any atom is 0.331 e. The Labute approximate surface area is 134 Å². The zero-order valence-corrected chi connectivity index (χ0v) is 13.5. The SMILES string of the molecule is C=C(C)CN(CC)C(=O)Cn1c(=O)c(C#N)c2n(c1=O)CCC2. The highest BCUT2D eigenvalue weighted by molar-refractivity contribution is 5.76. The lowest BCUT2D eigenvalue weighted by Gasteiger charge is -2.21.